The van der Waals surface area contributed by atoms with E-state index < -0.39 is 9.84 Å². The SMILES string of the molecule is CCS(=O)(=O)c1ccc(CC2(CN)CCC2)cc1. The average molecular weight is 267 g/mol. The highest BCUT2D eigenvalue weighted by Crippen LogP contribution is 2.42. The number of sulfone groups is 1. The largest absolute Gasteiger partial charge is 0.330 e. The summed E-state index contributed by atoms with van der Waals surface area (Å²) in [6, 6.07) is 7.30. The summed E-state index contributed by atoms with van der Waals surface area (Å²) in [5, 5.41) is 0. The molecule has 0 bridgehead atoms. The van der Waals surface area contributed by atoms with Gasteiger partial charge in [-0.05, 0) is 48.9 Å². The van der Waals surface area contributed by atoms with Crippen LogP contribution in [0, 0.1) is 5.41 Å². The van der Waals surface area contributed by atoms with Gasteiger partial charge in [0.1, 0.15) is 0 Å². The summed E-state index contributed by atoms with van der Waals surface area (Å²) < 4.78 is 23.4. The summed E-state index contributed by atoms with van der Waals surface area (Å²) in [7, 11) is -3.08. The van der Waals surface area contributed by atoms with Gasteiger partial charge in [0, 0.05) is 0 Å². The maximum absolute atomic E-state index is 11.7. The van der Waals surface area contributed by atoms with Crippen molar-refractivity contribution in [2.45, 2.75) is 37.5 Å². The first kappa shape index (κ1) is 13.6. The van der Waals surface area contributed by atoms with Crippen molar-refractivity contribution in [2.24, 2.45) is 11.1 Å². The molecule has 4 heteroatoms. The quantitative estimate of drug-likeness (QED) is 0.889. The van der Waals surface area contributed by atoms with Crippen molar-refractivity contribution in [3.05, 3.63) is 29.8 Å². The highest BCUT2D eigenvalue weighted by Gasteiger charge is 2.35. The van der Waals surface area contributed by atoms with Crippen LogP contribution < -0.4 is 5.73 Å². The standard InChI is InChI=1S/C14H21NO2S/c1-2-18(16,17)13-6-4-12(5-7-13)10-14(11-15)8-3-9-14/h4-7H,2-3,8-11,15H2,1H3. The van der Waals surface area contributed by atoms with Gasteiger partial charge in [-0.3, -0.25) is 0 Å². The molecule has 1 fully saturated rings. The van der Waals surface area contributed by atoms with Crippen LogP contribution in [0.25, 0.3) is 0 Å². The number of hydrogen-bond acceptors (Lipinski definition) is 3. The lowest BCUT2D eigenvalue weighted by Crippen LogP contribution is -2.39. The predicted octanol–water partition coefficient (Wildman–Crippen LogP) is 2.15. The Morgan fingerprint density at radius 1 is 1.22 bits per heavy atom. The number of benzene rings is 1. The van der Waals surface area contributed by atoms with Crippen LogP contribution >= 0.6 is 0 Å². The maximum atomic E-state index is 11.7. The lowest BCUT2D eigenvalue weighted by atomic mass is 9.65. The average Bonchev–Trinajstić information content (AvgIpc) is 2.34. The van der Waals surface area contributed by atoms with Gasteiger partial charge >= 0.3 is 0 Å². The molecule has 1 aliphatic rings. The van der Waals surface area contributed by atoms with E-state index in [-0.39, 0.29) is 11.2 Å². The summed E-state index contributed by atoms with van der Waals surface area (Å²) in [4.78, 5) is 0.421. The summed E-state index contributed by atoms with van der Waals surface area (Å²) in [6.07, 6.45) is 4.62. The van der Waals surface area contributed by atoms with E-state index in [2.05, 4.69) is 0 Å². The zero-order chi connectivity index (χ0) is 13.2. The number of hydrogen-bond donors (Lipinski definition) is 1. The Labute approximate surface area is 109 Å². The van der Waals surface area contributed by atoms with Crippen LogP contribution in [0.2, 0.25) is 0 Å². The van der Waals surface area contributed by atoms with E-state index in [0.717, 1.165) is 13.0 Å². The molecule has 1 aromatic rings. The molecule has 1 aromatic carbocycles. The van der Waals surface area contributed by atoms with Gasteiger partial charge in [0.05, 0.1) is 10.6 Å². The Morgan fingerprint density at radius 3 is 2.22 bits per heavy atom. The molecular formula is C14H21NO2S. The molecule has 3 nitrogen and oxygen atoms in total. The summed E-state index contributed by atoms with van der Waals surface area (Å²) in [5.41, 5.74) is 7.30. The van der Waals surface area contributed by atoms with Crippen LogP contribution in [0.1, 0.15) is 31.7 Å². The van der Waals surface area contributed by atoms with Crippen molar-refractivity contribution >= 4 is 9.84 Å². The molecule has 0 heterocycles. The first-order chi connectivity index (χ1) is 8.51. The lowest BCUT2D eigenvalue weighted by Gasteiger charge is -2.41. The smallest absolute Gasteiger partial charge is 0.178 e. The van der Waals surface area contributed by atoms with Crippen LogP contribution in [-0.2, 0) is 16.3 Å². The van der Waals surface area contributed by atoms with Gasteiger partial charge in [0.15, 0.2) is 9.84 Å². The second-order valence-corrected chi connectivity index (χ2v) is 7.56. The fourth-order valence-electron chi connectivity index (χ4n) is 2.54. The van der Waals surface area contributed by atoms with Crippen molar-refractivity contribution in [3.8, 4) is 0 Å². The third-order valence-corrected chi connectivity index (χ3v) is 5.84. The van der Waals surface area contributed by atoms with Crippen molar-refractivity contribution in [1.82, 2.24) is 0 Å². The van der Waals surface area contributed by atoms with E-state index in [0.29, 0.717) is 4.90 Å². The Balaban J connectivity index is 2.13. The third-order valence-electron chi connectivity index (χ3n) is 4.09. The molecule has 0 aliphatic heterocycles. The summed E-state index contributed by atoms with van der Waals surface area (Å²) >= 11 is 0. The van der Waals surface area contributed by atoms with E-state index >= 15 is 0 Å². The van der Waals surface area contributed by atoms with E-state index in [1.807, 2.05) is 12.1 Å². The van der Waals surface area contributed by atoms with Gasteiger partial charge in [-0.15, -0.1) is 0 Å². The van der Waals surface area contributed by atoms with Crippen LogP contribution in [-0.4, -0.2) is 20.7 Å². The third kappa shape index (κ3) is 2.59. The van der Waals surface area contributed by atoms with Crippen LogP contribution in [0.15, 0.2) is 29.2 Å². The molecule has 0 saturated heterocycles. The monoisotopic (exact) mass is 267 g/mol. The van der Waals surface area contributed by atoms with Crippen LogP contribution in [0.5, 0.6) is 0 Å². The topological polar surface area (TPSA) is 60.2 Å². The maximum Gasteiger partial charge on any atom is 0.178 e. The fraction of sp³-hybridized carbons (Fsp3) is 0.571. The fourth-order valence-corrected chi connectivity index (χ4v) is 3.43. The molecular weight excluding hydrogens is 246 g/mol. The molecule has 1 saturated carbocycles. The Morgan fingerprint density at radius 2 is 1.83 bits per heavy atom. The van der Waals surface area contributed by atoms with E-state index in [9.17, 15) is 8.42 Å². The molecule has 1 aliphatic carbocycles. The molecule has 0 amide bonds. The van der Waals surface area contributed by atoms with Crippen molar-refractivity contribution in [3.63, 3.8) is 0 Å². The Kier molecular flexibility index (Phi) is 3.78. The number of nitrogens with two attached hydrogens (primary N) is 1. The predicted molar refractivity (Wildman–Crippen MR) is 73.2 cm³/mol. The minimum absolute atomic E-state index is 0.152. The van der Waals surface area contributed by atoms with Gasteiger partial charge in [0.25, 0.3) is 0 Å². The summed E-state index contributed by atoms with van der Waals surface area (Å²) in [5.74, 6) is 0.152. The van der Waals surface area contributed by atoms with Gasteiger partial charge < -0.3 is 5.73 Å². The first-order valence-corrected chi connectivity index (χ1v) is 8.18. The molecule has 0 aromatic heterocycles. The normalized spacial score (nSPS) is 18.3. The van der Waals surface area contributed by atoms with E-state index in [4.69, 9.17) is 5.73 Å². The minimum Gasteiger partial charge on any atom is -0.330 e. The first-order valence-electron chi connectivity index (χ1n) is 6.53. The van der Waals surface area contributed by atoms with Crippen molar-refractivity contribution in [2.75, 3.05) is 12.3 Å². The molecule has 18 heavy (non-hydrogen) atoms. The summed E-state index contributed by atoms with van der Waals surface area (Å²) in [6.45, 7) is 2.39. The number of rotatable bonds is 5. The van der Waals surface area contributed by atoms with E-state index in [1.54, 1.807) is 19.1 Å². The molecule has 100 valence electrons. The van der Waals surface area contributed by atoms with Crippen LogP contribution in [0.4, 0.5) is 0 Å². The van der Waals surface area contributed by atoms with Gasteiger partial charge in [0.2, 0.25) is 0 Å². The van der Waals surface area contributed by atoms with Crippen molar-refractivity contribution < 1.29 is 8.42 Å². The second kappa shape index (κ2) is 5.02. The molecule has 0 spiro atoms. The van der Waals surface area contributed by atoms with Gasteiger partial charge in [-0.2, -0.15) is 0 Å². The van der Waals surface area contributed by atoms with E-state index in [1.165, 1.54) is 24.8 Å². The molecule has 2 rings (SSSR count). The zero-order valence-electron chi connectivity index (χ0n) is 10.9. The molecule has 0 radical (unpaired) electrons. The highest BCUT2D eigenvalue weighted by molar-refractivity contribution is 7.91. The van der Waals surface area contributed by atoms with Crippen LogP contribution in [0.3, 0.4) is 0 Å². The molecule has 2 N–H and O–H groups in total. The zero-order valence-corrected chi connectivity index (χ0v) is 11.7. The Bertz CT molecular complexity index is 496. The van der Waals surface area contributed by atoms with Crippen molar-refractivity contribution in [1.29, 1.82) is 0 Å². The molecule has 0 unspecified atom stereocenters. The Hall–Kier alpha value is -0.870. The lowest BCUT2D eigenvalue weighted by molar-refractivity contribution is 0.145. The van der Waals surface area contributed by atoms with Gasteiger partial charge in [-0.25, -0.2) is 8.42 Å². The second-order valence-electron chi connectivity index (χ2n) is 5.28. The molecule has 0 atom stereocenters. The van der Waals surface area contributed by atoms with Gasteiger partial charge in [-0.1, -0.05) is 25.5 Å². The minimum atomic E-state index is -3.08. The highest BCUT2D eigenvalue weighted by atomic mass is 32.2.